The van der Waals surface area contributed by atoms with Crippen LogP contribution >= 0.6 is 0 Å². The SMILES string of the molecule is Nc1cccc(C2=CC(=O)C=CC2=O)c1. The molecule has 0 bridgehead atoms. The lowest BCUT2D eigenvalue weighted by Gasteiger charge is -2.07. The van der Waals surface area contributed by atoms with Gasteiger partial charge in [0, 0.05) is 11.3 Å². The lowest BCUT2D eigenvalue weighted by atomic mass is 9.96. The maximum absolute atomic E-state index is 11.5. The van der Waals surface area contributed by atoms with Crippen molar-refractivity contribution in [3.63, 3.8) is 0 Å². The summed E-state index contributed by atoms with van der Waals surface area (Å²) < 4.78 is 0. The third-order valence-corrected chi connectivity index (χ3v) is 2.15. The minimum Gasteiger partial charge on any atom is -0.399 e. The number of allylic oxidation sites excluding steroid dienone is 4. The third kappa shape index (κ3) is 1.86. The number of nitrogen functional groups attached to an aromatic ring is 1. The van der Waals surface area contributed by atoms with Gasteiger partial charge in [0.15, 0.2) is 11.6 Å². The molecule has 0 aromatic heterocycles. The van der Waals surface area contributed by atoms with Gasteiger partial charge >= 0.3 is 0 Å². The zero-order valence-electron chi connectivity index (χ0n) is 7.94. The number of benzene rings is 1. The summed E-state index contributed by atoms with van der Waals surface area (Å²) in [7, 11) is 0. The molecule has 1 aromatic rings. The fourth-order valence-electron chi connectivity index (χ4n) is 1.44. The van der Waals surface area contributed by atoms with E-state index in [1.165, 1.54) is 18.2 Å². The second kappa shape index (κ2) is 3.53. The van der Waals surface area contributed by atoms with E-state index in [0.717, 1.165) is 0 Å². The summed E-state index contributed by atoms with van der Waals surface area (Å²) in [5.41, 5.74) is 7.25. The van der Waals surface area contributed by atoms with Gasteiger partial charge < -0.3 is 5.73 Å². The molecule has 0 unspecified atom stereocenters. The smallest absolute Gasteiger partial charge is 0.186 e. The predicted molar refractivity (Wildman–Crippen MR) is 58.0 cm³/mol. The van der Waals surface area contributed by atoms with Crippen molar-refractivity contribution in [2.45, 2.75) is 0 Å². The van der Waals surface area contributed by atoms with Crippen molar-refractivity contribution in [1.29, 1.82) is 0 Å². The van der Waals surface area contributed by atoms with E-state index in [2.05, 4.69) is 0 Å². The minimum atomic E-state index is -0.174. The van der Waals surface area contributed by atoms with Crippen molar-refractivity contribution in [2.75, 3.05) is 5.73 Å². The molecule has 0 saturated heterocycles. The van der Waals surface area contributed by atoms with Gasteiger partial charge in [-0.1, -0.05) is 12.1 Å². The molecule has 0 amide bonds. The Hall–Kier alpha value is -2.16. The fourth-order valence-corrected chi connectivity index (χ4v) is 1.44. The maximum Gasteiger partial charge on any atom is 0.186 e. The highest BCUT2D eigenvalue weighted by molar-refractivity contribution is 6.33. The number of anilines is 1. The summed E-state index contributed by atoms with van der Waals surface area (Å²) in [5, 5.41) is 0. The van der Waals surface area contributed by atoms with Crippen LogP contribution in [0.1, 0.15) is 5.56 Å². The molecule has 0 spiro atoms. The van der Waals surface area contributed by atoms with Crippen molar-refractivity contribution >= 4 is 22.8 Å². The quantitative estimate of drug-likeness (QED) is 0.548. The number of hydrogen-bond acceptors (Lipinski definition) is 3. The van der Waals surface area contributed by atoms with Crippen LogP contribution in [0.3, 0.4) is 0 Å². The first-order valence-electron chi connectivity index (χ1n) is 4.51. The molecule has 1 aliphatic rings. The molecule has 3 nitrogen and oxygen atoms in total. The van der Waals surface area contributed by atoms with E-state index >= 15 is 0 Å². The Morgan fingerprint density at radius 1 is 1.07 bits per heavy atom. The molecule has 2 N–H and O–H groups in total. The van der Waals surface area contributed by atoms with Crippen LogP contribution in [0.5, 0.6) is 0 Å². The van der Waals surface area contributed by atoms with Crippen LogP contribution in [0.4, 0.5) is 5.69 Å². The lowest BCUT2D eigenvalue weighted by Crippen LogP contribution is -2.06. The third-order valence-electron chi connectivity index (χ3n) is 2.15. The van der Waals surface area contributed by atoms with Crippen molar-refractivity contribution in [3.8, 4) is 0 Å². The Labute approximate surface area is 86.9 Å². The first-order valence-corrected chi connectivity index (χ1v) is 4.51. The van der Waals surface area contributed by atoms with Crippen molar-refractivity contribution in [3.05, 3.63) is 48.1 Å². The van der Waals surface area contributed by atoms with Crippen molar-refractivity contribution in [1.82, 2.24) is 0 Å². The monoisotopic (exact) mass is 199 g/mol. The summed E-state index contributed by atoms with van der Waals surface area (Å²) in [5.74, 6) is -0.341. The van der Waals surface area contributed by atoms with E-state index in [4.69, 9.17) is 5.73 Å². The average Bonchev–Trinajstić information content (AvgIpc) is 2.22. The summed E-state index contributed by atoms with van der Waals surface area (Å²) in [6, 6.07) is 6.92. The van der Waals surface area contributed by atoms with Crippen LogP contribution in [-0.4, -0.2) is 11.6 Å². The van der Waals surface area contributed by atoms with Gasteiger partial charge in [0.25, 0.3) is 0 Å². The summed E-state index contributed by atoms with van der Waals surface area (Å²) in [6.07, 6.45) is 3.87. The van der Waals surface area contributed by atoms with Gasteiger partial charge in [0.05, 0.1) is 0 Å². The molecule has 1 aliphatic carbocycles. The highest BCUT2D eigenvalue weighted by Gasteiger charge is 2.14. The number of nitrogens with two attached hydrogens (primary N) is 1. The van der Waals surface area contributed by atoms with E-state index in [-0.39, 0.29) is 11.6 Å². The minimum absolute atomic E-state index is 0.166. The van der Waals surface area contributed by atoms with Crippen LogP contribution < -0.4 is 5.73 Å². The maximum atomic E-state index is 11.5. The molecule has 1 aromatic carbocycles. The van der Waals surface area contributed by atoms with Gasteiger partial charge in [-0.05, 0) is 35.9 Å². The molecule has 0 atom stereocenters. The van der Waals surface area contributed by atoms with Gasteiger partial charge in [-0.2, -0.15) is 0 Å². The summed E-state index contributed by atoms with van der Waals surface area (Å²) >= 11 is 0. The summed E-state index contributed by atoms with van der Waals surface area (Å²) in [6.45, 7) is 0. The lowest BCUT2D eigenvalue weighted by molar-refractivity contribution is -0.113. The number of ketones is 2. The number of carbonyl (C=O) groups excluding carboxylic acids is 2. The Balaban J connectivity index is 2.47. The average molecular weight is 199 g/mol. The highest BCUT2D eigenvalue weighted by Crippen LogP contribution is 2.20. The molecule has 0 aliphatic heterocycles. The van der Waals surface area contributed by atoms with Crippen LogP contribution in [0, 0.1) is 0 Å². The number of carbonyl (C=O) groups is 2. The van der Waals surface area contributed by atoms with E-state index < -0.39 is 0 Å². The predicted octanol–water partition coefficient (Wildman–Crippen LogP) is 1.36. The van der Waals surface area contributed by atoms with Gasteiger partial charge in [0.1, 0.15) is 0 Å². The Kier molecular flexibility index (Phi) is 2.21. The van der Waals surface area contributed by atoms with Crippen molar-refractivity contribution < 1.29 is 9.59 Å². The molecule has 15 heavy (non-hydrogen) atoms. The Morgan fingerprint density at radius 2 is 1.87 bits per heavy atom. The van der Waals surface area contributed by atoms with Gasteiger partial charge in [-0.3, -0.25) is 9.59 Å². The van der Waals surface area contributed by atoms with Crippen LogP contribution in [0.15, 0.2) is 42.5 Å². The second-order valence-electron chi connectivity index (χ2n) is 3.28. The van der Waals surface area contributed by atoms with Gasteiger partial charge in [-0.15, -0.1) is 0 Å². The molecule has 0 radical (unpaired) electrons. The zero-order valence-corrected chi connectivity index (χ0v) is 7.94. The van der Waals surface area contributed by atoms with E-state index in [1.54, 1.807) is 24.3 Å². The van der Waals surface area contributed by atoms with Crippen LogP contribution in [0.2, 0.25) is 0 Å². The molecular formula is C12H9NO2. The first kappa shape index (κ1) is 9.40. The second-order valence-corrected chi connectivity index (χ2v) is 3.28. The van der Waals surface area contributed by atoms with E-state index in [0.29, 0.717) is 16.8 Å². The van der Waals surface area contributed by atoms with Gasteiger partial charge in [0.2, 0.25) is 0 Å². The largest absolute Gasteiger partial charge is 0.399 e. The van der Waals surface area contributed by atoms with Crippen LogP contribution in [-0.2, 0) is 9.59 Å². The highest BCUT2D eigenvalue weighted by atomic mass is 16.1. The van der Waals surface area contributed by atoms with Crippen LogP contribution in [0.25, 0.3) is 5.57 Å². The molecule has 2 rings (SSSR count). The Bertz CT molecular complexity index is 498. The molecule has 3 heteroatoms. The zero-order chi connectivity index (χ0) is 10.8. The molecule has 0 fully saturated rings. The van der Waals surface area contributed by atoms with E-state index in [1.807, 2.05) is 0 Å². The Morgan fingerprint density at radius 3 is 2.60 bits per heavy atom. The molecule has 74 valence electrons. The number of hydrogen-bond donors (Lipinski definition) is 1. The summed E-state index contributed by atoms with van der Waals surface area (Å²) in [4.78, 5) is 22.6. The standard InChI is InChI=1S/C12H9NO2/c13-9-3-1-2-8(6-9)11-7-10(14)4-5-12(11)15/h1-7H,13H2. The number of rotatable bonds is 1. The van der Waals surface area contributed by atoms with E-state index in [9.17, 15) is 9.59 Å². The van der Waals surface area contributed by atoms with Gasteiger partial charge in [-0.25, -0.2) is 0 Å². The fraction of sp³-hybridized carbons (Fsp3) is 0. The first-order chi connectivity index (χ1) is 7.16. The molecular weight excluding hydrogens is 190 g/mol. The molecule has 0 heterocycles. The normalized spacial score (nSPS) is 15.3. The topological polar surface area (TPSA) is 60.2 Å². The molecule has 0 saturated carbocycles. The van der Waals surface area contributed by atoms with Crippen molar-refractivity contribution in [2.24, 2.45) is 0 Å².